The quantitative estimate of drug-likeness (QED) is 0.781. The molecule has 0 radical (unpaired) electrons. The van der Waals surface area contributed by atoms with Crippen LogP contribution >= 0.6 is 11.6 Å². The van der Waals surface area contributed by atoms with Gasteiger partial charge in [0.15, 0.2) is 16.4 Å². The van der Waals surface area contributed by atoms with Crippen molar-refractivity contribution in [1.82, 2.24) is 9.80 Å². The average molecular weight is 387 g/mol. The third kappa shape index (κ3) is 4.65. The topological polar surface area (TPSA) is 66.9 Å². The first kappa shape index (κ1) is 18.5. The second-order valence-corrected chi connectivity index (χ2v) is 9.33. The number of carbonyl (C=O) groups excluding carboxylic acids is 1. The minimum absolute atomic E-state index is 0.0407. The molecule has 0 bridgehead atoms. The Balaban J connectivity index is 1.48. The van der Waals surface area contributed by atoms with Crippen LogP contribution in [0.3, 0.4) is 0 Å². The van der Waals surface area contributed by atoms with E-state index in [1.165, 1.54) is 0 Å². The summed E-state index contributed by atoms with van der Waals surface area (Å²) in [5.41, 5.74) is 1.02. The van der Waals surface area contributed by atoms with Gasteiger partial charge in [-0.15, -0.1) is 0 Å². The lowest BCUT2D eigenvalue weighted by Gasteiger charge is -2.37. The van der Waals surface area contributed by atoms with Crippen LogP contribution in [0.25, 0.3) is 0 Å². The fourth-order valence-electron chi connectivity index (χ4n) is 3.35. The van der Waals surface area contributed by atoms with Crippen molar-refractivity contribution in [2.24, 2.45) is 0 Å². The Labute approximate surface area is 153 Å². The lowest BCUT2D eigenvalue weighted by Crippen LogP contribution is -2.53. The highest BCUT2D eigenvalue weighted by Gasteiger charge is 2.34. The Morgan fingerprint density at radius 2 is 2.00 bits per heavy atom. The number of hydrogen-bond acceptors (Lipinski definition) is 5. The van der Waals surface area contributed by atoms with E-state index in [1.807, 2.05) is 19.1 Å². The van der Waals surface area contributed by atoms with Crippen molar-refractivity contribution < 1.29 is 17.9 Å². The van der Waals surface area contributed by atoms with Gasteiger partial charge in [-0.1, -0.05) is 17.7 Å². The number of sulfone groups is 1. The SMILES string of the molecule is Cc1ccc(Cl)c(OCC(=O)N2CCN(C3CCS(=O)(=O)C3)CC2)c1. The number of nitrogens with zero attached hydrogens (tertiary/aromatic N) is 2. The number of amides is 1. The highest BCUT2D eigenvalue weighted by Crippen LogP contribution is 2.25. The Kier molecular flexibility index (Phi) is 5.55. The van der Waals surface area contributed by atoms with E-state index in [9.17, 15) is 13.2 Å². The van der Waals surface area contributed by atoms with Crippen LogP contribution in [-0.4, -0.2) is 74.5 Å². The summed E-state index contributed by atoms with van der Waals surface area (Å²) in [7, 11) is -2.88. The van der Waals surface area contributed by atoms with Gasteiger partial charge in [0.2, 0.25) is 0 Å². The fraction of sp³-hybridized carbons (Fsp3) is 0.588. The van der Waals surface area contributed by atoms with E-state index in [-0.39, 0.29) is 30.1 Å². The standard InChI is InChI=1S/C17H23ClN2O4S/c1-13-2-3-15(18)16(10-13)24-11-17(21)20-7-5-19(6-8-20)14-4-9-25(22,23)12-14/h2-3,10,14H,4-9,11-12H2,1H3. The predicted octanol–water partition coefficient (Wildman–Crippen LogP) is 1.36. The van der Waals surface area contributed by atoms with Gasteiger partial charge in [0.25, 0.3) is 5.91 Å². The summed E-state index contributed by atoms with van der Waals surface area (Å²) in [5, 5.41) is 0.491. The molecule has 0 aliphatic carbocycles. The van der Waals surface area contributed by atoms with Crippen molar-refractivity contribution in [1.29, 1.82) is 0 Å². The molecule has 2 aliphatic heterocycles. The van der Waals surface area contributed by atoms with Crippen LogP contribution in [0.15, 0.2) is 18.2 Å². The fourth-order valence-corrected chi connectivity index (χ4v) is 5.29. The zero-order valence-corrected chi connectivity index (χ0v) is 15.9. The molecule has 1 aromatic carbocycles. The summed E-state index contributed by atoms with van der Waals surface area (Å²) in [4.78, 5) is 16.3. The number of ether oxygens (including phenoxy) is 1. The summed E-state index contributed by atoms with van der Waals surface area (Å²) in [6.45, 7) is 4.50. The minimum atomic E-state index is -2.88. The zero-order valence-electron chi connectivity index (χ0n) is 14.3. The molecule has 3 rings (SSSR count). The van der Waals surface area contributed by atoms with Crippen molar-refractivity contribution >= 4 is 27.3 Å². The molecule has 2 aliphatic rings. The van der Waals surface area contributed by atoms with Crippen LogP contribution in [0, 0.1) is 6.92 Å². The van der Waals surface area contributed by atoms with Crippen molar-refractivity contribution in [3.63, 3.8) is 0 Å². The second-order valence-electron chi connectivity index (χ2n) is 6.70. The van der Waals surface area contributed by atoms with E-state index in [0.717, 1.165) is 5.56 Å². The van der Waals surface area contributed by atoms with Crippen molar-refractivity contribution in [2.45, 2.75) is 19.4 Å². The molecule has 25 heavy (non-hydrogen) atoms. The molecule has 0 spiro atoms. The smallest absolute Gasteiger partial charge is 0.260 e. The van der Waals surface area contributed by atoms with Gasteiger partial charge in [-0.3, -0.25) is 9.69 Å². The molecule has 8 heteroatoms. The van der Waals surface area contributed by atoms with E-state index in [4.69, 9.17) is 16.3 Å². The first-order chi connectivity index (χ1) is 11.8. The first-order valence-electron chi connectivity index (χ1n) is 8.45. The monoisotopic (exact) mass is 386 g/mol. The van der Waals surface area contributed by atoms with E-state index in [2.05, 4.69) is 4.90 Å². The first-order valence-corrected chi connectivity index (χ1v) is 10.7. The number of hydrogen-bond donors (Lipinski definition) is 0. The van der Waals surface area contributed by atoms with E-state index < -0.39 is 9.84 Å². The number of carbonyl (C=O) groups is 1. The predicted molar refractivity (Wildman–Crippen MR) is 96.9 cm³/mol. The van der Waals surface area contributed by atoms with Crippen LogP contribution in [0.4, 0.5) is 0 Å². The van der Waals surface area contributed by atoms with Gasteiger partial charge in [0.1, 0.15) is 5.75 Å². The minimum Gasteiger partial charge on any atom is -0.482 e. The average Bonchev–Trinajstić information content (AvgIpc) is 2.95. The maximum absolute atomic E-state index is 12.3. The molecule has 0 aromatic heterocycles. The molecule has 1 aromatic rings. The number of halogens is 1. The molecule has 2 heterocycles. The van der Waals surface area contributed by atoms with Crippen molar-refractivity contribution in [2.75, 3.05) is 44.3 Å². The van der Waals surface area contributed by atoms with Gasteiger partial charge < -0.3 is 9.64 Å². The maximum atomic E-state index is 12.3. The second kappa shape index (κ2) is 7.51. The van der Waals surface area contributed by atoms with Crippen LogP contribution in [-0.2, 0) is 14.6 Å². The molecule has 2 fully saturated rings. The molecular weight excluding hydrogens is 364 g/mol. The van der Waals surface area contributed by atoms with Gasteiger partial charge in [0.05, 0.1) is 16.5 Å². The van der Waals surface area contributed by atoms with Crippen LogP contribution in [0.5, 0.6) is 5.75 Å². The molecule has 0 saturated carbocycles. The van der Waals surface area contributed by atoms with Gasteiger partial charge in [0, 0.05) is 32.2 Å². The van der Waals surface area contributed by atoms with Crippen LogP contribution in [0.2, 0.25) is 5.02 Å². The summed E-state index contributed by atoms with van der Waals surface area (Å²) in [6.07, 6.45) is 0.700. The largest absolute Gasteiger partial charge is 0.482 e. The van der Waals surface area contributed by atoms with Crippen molar-refractivity contribution in [3.8, 4) is 5.75 Å². The highest BCUT2D eigenvalue weighted by molar-refractivity contribution is 7.91. The summed E-state index contributed by atoms with van der Waals surface area (Å²) >= 11 is 6.07. The Morgan fingerprint density at radius 1 is 1.28 bits per heavy atom. The van der Waals surface area contributed by atoms with Gasteiger partial charge in [-0.2, -0.15) is 0 Å². The normalized spacial score (nSPS) is 23.6. The molecular formula is C17H23ClN2O4S. The maximum Gasteiger partial charge on any atom is 0.260 e. The molecule has 1 atom stereocenters. The van der Waals surface area contributed by atoms with E-state index >= 15 is 0 Å². The van der Waals surface area contributed by atoms with Gasteiger partial charge in [-0.25, -0.2) is 8.42 Å². The molecule has 138 valence electrons. The van der Waals surface area contributed by atoms with Gasteiger partial charge >= 0.3 is 0 Å². The lowest BCUT2D eigenvalue weighted by atomic mass is 10.2. The third-order valence-electron chi connectivity index (χ3n) is 4.83. The summed E-state index contributed by atoms with van der Waals surface area (Å²) in [6, 6.07) is 5.56. The van der Waals surface area contributed by atoms with E-state index in [0.29, 0.717) is 43.4 Å². The number of piperazine rings is 1. The summed E-state index contributed by atoms with van der Waals surface area (Å²) < 4.78 is 28.8. The van der Waals surface area contributed by atoms with Crippen molar-refractivity contribution in [3.05, 3.63) is 28.8 Å². The van der Waals surface area contributed by atoms with Crippen LogP contribution in [0.1, 0.15) is 12.0 Å². The Morgan fingerprint density at radius 3 is 2.64 bits per heavy atom. The number of rotatable bonds is 4. The van der Waals surface area contributed by atoms with E-state index in [1.54, 1.807) is 11.0 Å². The highest BCUT2D eigenvalue weighted by atomic mass is 35.5. The Bertz CT molecular complexity index is 745. The summed E-state index contributed by atoms with van der Waals surface area (Å²) in [5.74, 6) is 0.971. The molecule has 2 saturated heterocycles. The molecule has 0 N–H and O–H groups in total. The molecule has 6 nitrogen and oxygen atoms in total. The molecule has 1 unspecified atom stereocenters. The number of benzene rings is 1. The lowest BCUT2D eigenvalue weighted by molar-refractivity contribution is -0.135. The van der Waals surface area contributed by atoms with Gasteiger partial charge in [-0.05, 0) is 31.0 Å². The Hall–Kier alpha value is -1.31. The number of aryl methyl sites for hydroxylation is 1. The van der Waals surface area contributed by atoms with Crippen LogP contribution < -0.4 is 4.74 Å². The zero-order chi connectivity index (χ0) is 18.0. The third-order valence-corrected chi connectivity index (χ3v) is 6.89. The molecule has 1 amide bonds.